The maximum absolute atomic E-state index is 10.3. The van der Waals surface area contributed by atoms with E-state index in [0.717, 1.165) is 6.42 Å². The van der Waals surface area contributed by atoms with Gasteiger partial charge in [0, 0.05) is 12.6 Å². The molecule has 0 aromatic rings. The Morgan fingerprint density at radius 2 is 1.92 bits per heavy atom. The van der Waals surface area contributed by atoms with E-state index in [1.165, 1.54) is 0 Å². The molecule has 78 valence electrons. The molecule has 0 spiro atoms. The molecule has 0 aliphatic heterocycles. The number of hydrogen-bond acceptors (Lipinski definition) is 2. The van der Waals surface area contributed by atoms with Gasteiger partial charge in [-0.3, -0.25) is 4.79 Å². The molecular weight excluding hydrogens is 166 g/mol. The van der Waals surface area contributed by atoms with Crippen molar-refractivity contribution >= 4 is 5.97 Å². The van der Waals surface area contributed by atoms with Crippen molar-refractivity contribution < 1.29 is 9.90 Å². The van der Waals surface area contributed by atoms with Crippen LogP contribution in [0.2, 0.25) is 0 Å². The molecule has 0 saturated carbocycles. The number of aliphatic carboxylic acids is 1. The van der Waals surface area contributed by atoms with E-state index in [4.69, 9.17) is 5.11 Å². The van der Waals surface area contributed by atoms with E-state index in [0.29, 0.717) is 18.5 Å². The smallest absolute Gasteiger partial charge is 0.304 e. The summed E-state index contributed by atoms with van der Waals surface area (Å²) >= 11 is 0. The first-order valence-electron chi connectivity index (χ1n) is 4.85. The van der Waals surface area contributed by atoms with Crippen LogP contribution in [0.1, 0.15) is 33.6 Å². The van der Waals surface area contributed by atoms with E-state index in [2.05, 4.69) is 25.7 Å². The molecule has 0 amide bonds. The summed E-state index contributed by atoms with van der Waals surface area (Å²) in [5.74, 6) is -0.0501. The molecule has 0 fully saturated rings. The summed E-state index contributed by atoms with van der Waals surface area (Å²) in [5, 5.41) is 8.50. The first kappa shape index (κ1) is 12.4. The van der Waals surface area contributed by atoms with Crippen LogP contribution in [0.5, 0.6) is 0 Å². The Balaban J connectivity index is 3.68. The van der Waals surface area contributed by atoms with Crippen LogP contribution in [0.3, 0.4) is 0 Å². The fraction of sp³-hybridized carbons (Fsp3) is 0.900. The van der Waals surface area contributed by atoms with E-state index in [-0.39, 0.29) is 6.42 Å². The van der Waals surface area contributed by atoms with Crippen molar-refractivity contribution in [2.75, 3.05) is 13.6 Å². The summed E-state index contributed by atoms with van der Waals surface area (Å²) in [6.07, 6.45) is 1.36. The predicted octanol–water partition coefficient (Wildman–Crippen LogP) is 1.83. The van der Waals surface area contributed by atoms with E-state index in [1.807, 2.05) is 7.05 Å². The molecule has 0 rings (SSSR count). The summed E-state index contributed by atoms with van der Waals surface area (Å²) in [6.45, 7) is 7.15. The van der Waals surface area contributed by atoms with Crippen LogP contribution >= 0.6 is 0 Å². The van der Waals surface area contributed by atoms with E-state index < -0.39 is 5.97 Å². The highest BCUT2D eigenvalue weighted by atomic mass is 16.4. The Hall–Kier alpha value is -0.570. The van der Waals surface area contributed by atoms with Gasteiger partial charge >= 0.3 is 5.97 Å². The maximum atomic E-state index is 10.3. The fourth-order valence-electron chi connectivity index (χ4n) is 1.35. The molecular formula is C10H21NO2. The minimum atomic E-state index is -0.719. The van der Waals surface area contributed by atoms with Gasteiger partial charge in [0.05, 0.1) is 6.42 Å². The highest BCUT2D eigenvalue weighted by Crippen LogP contribution is 2.09. The van der Waals surface area contributed by atoms with E-state index >= 15 is 0 Å². The molecule has 0 bridgehead atoms. The zero-order chi connectivity index (χ0) is 10.4. The average Bonchev–Trinajstić information content (AvgIpc) is 1.98. The van der Waals surface area contributed by atoms with Gasteiger partial charge in [-0.15, -0.1) is 0 Å². The van der Waals surface area contributed by atoms with Crippen molar-refractivity contribution in [2.24, 2.45) is 5.92 Å². The van der Waals surface area contributed by atoms with Crippen molar-refractivity contribution in [3.8, 4) is 0 Å². The second-order valence-electron chi connectivity index (χ2n) is 4.10. The van der Waals surface area contributed by atoms with E-state index in [9.17, 15) is 4.79 Å². The summed E-state index contributed by atoms with van der Waals surface area (Å²) in [4.78, 5) is 12.4. The molecule has 3 heteroatoms. The van der Waals surface area contributed by atoms with Gasteiger partial charge in [-0.25, -0.2) is 0 Å². The van der Waals surface area contributed by atoms with Crippen LogP contribution in [-0.2, 0) is 4.79 Å². The zero-order valence-electron chi connectivity index (χ0n) is 9.08. The molecule has 0 aliphatic carbocycles. The third-order valence-electron chi connectivity index (χ3n) is 2.24. The Morgan fingerprint density at radius 3 is 2.31 bits per heavy atom. The van der Waals surface area contributed by atoms with Gasteiger partial charge in [0.2, 0.25) is 0 Å². The van der Waals surface area contributed by atoms with Crippen molar-refractivity contribution in [2.45, 2.75) is 39.7 Å². The van der Waals surface area contributed by atoms with Gasteiger partial charge in [0.1, 0.15) is 0 Å². The highest BCUT2D eigenvalue weighted by Gasteiger charge is 2.11. The fourth-order valence-corrected chi connectivity index (χ4v) is 1.35. The highest BCUT2D eigenvalue weighted by molar-refractivity contribution is 5.66. The van der Waals surface area contributed by atoms with Gasteiger partial charge in [0.15, 0.2) is 0 Å². The quantitative estimate of drug-likeness (QED) is 0.689. The molecule has 1 atom stereocenters. The van der Waals surface area contributed by atoms with Crippen molar-refractivity contribution in [3.63, 3.8) is 0 Å². The molecule has 1 N–H and O–H groups in total. The van der Waals surface area contributed by atoms with Crippen LogP contribution in [-0.4, -0.2) is 35.6 Å². The number of nitrogens with zero attached hydrogens (tertiary/aromatic N) is 1. The monoisotopic (exact) mass is 187 g/mol. The van der Waals surface area contributed by atoms with Gasteiger partial charge in [0.25, 0.3) is 0 Å². The minimum absolute atomic E-state index is 0.235. The van der Waals surface area contributed by atoms with Crippen molar-refractivity contribution in [1.82, 2.24) is 4.90 Å². The first-order chi connectivity index (χ1) is 5.93. The first-order valence-corrected chi connectivity index (χ1v) is 4.85. The van der Waals surface area contributed by atoms with Gasteiger partial charge in [-0.05, 0) is 26.3 Å². The van der Waals surface area contributed by atoms with Crippen LogP contribution in [0.15, 0.2) is 0 Å². The molecule has 13 heavy (non-hydrogen) atoms. The second kappa shape index (κ2) is 5.97. The summed E-state index contributed by atoms with van der Waals surface area (Å²) in [5.41, 5.74) is 0. The van der Waals surface area contributed by atoms with Crippen LogP contribution < -0.4 is 0 Å². The Bertz CT molecular complexity index is 157. The largest absolute Gasteiger partial charge is 0.481 e. The van der Waals surface area contributed by atoms with Gasteiger partial charge < -0.3 is 10.0 Å². The maximum Gasteiger partial charge on any atom is 0.304 e. The summed E-state index contributed by atoms with van der Waals surface area (Å²) < 4.78 is 0. The average molecular weight is 187 g/mol. The standard InChI is InChI=1S/C10H21NO2/c1-8(2)7-9(3)11(4)6-5-10(12)13/h8-9H,5-7H2,1-4H3,(H,12,13). The third-order valence-corrected chi connectivity index (χ3v) is 2.24. The van der Waals surface area contributed by atoms with Crippen molar-refractivity contribution in [1.29, 1.82) is 0 Å². The molecule has 1 unspecified atom stereocenters. The molecule has 0 heterocycles. The molecule has 3 nitrogen and oxygen atoms in total. The lowest BCUT2D eigenvalue weighted by molar-refractivity contribution is -0.137. The third kappa shape index (κ3) is 6.58. The SMILES string of the molecule is CC(C)CC(C)N(C)CCC(=O)O. The number of hydrogen-bond donors (Lipinski definition) is 1. The van der Waals surface area contributed by atoms with Crippen LogP contribution in [0, 0.1) is 5.92 Å². The summed E-state index contributed by atoms with van der Waals surface area (Å²) in [6, 6.07) is 0.472. The Kier molecular flexibility index (Phi) is 5.71. The topological polar surface area (TPSA) is 40.5 Å². The molecule has 0 saturated heterocycles. The second-order valence-corrected chi connectivity index (χ2v) is 4.10. The number of carbonyl (C=O) groups is 1. The van der Waals surface area contributed by atoms with Crippen LogP contribution in [0.25, 0.3) is 0 Å². The lowest BCUT2D eigenvalue weighted by atomic mass is 10.0. The zero-order valence-corrected chi connectivity index (χ0v) is 9.08. The van der Waals surface area contributed by atoms with Crippen LogP contribution in [0.4, 0.5) is 0 Å². The number of carboxylic acid groups (broad SMARTS) is 1. The normalized spacial score (nSPS) is 13.7. The molecule has 0 aromatic carbocycles. The summed E-state index contributed by atoms with van der Waals surface area (Å²) in [7, 11) is 1.98. The van der Waals surface area contributed by atoms with Gasteiger partial charge in [-0.1, -0.05) is 13.8 Å². The lowest BCUT2D eigenvalue weighted by Crippen LogP contribution is -2.32. The van der Waals surface area contributed by atoms with Gasteiger partial charge in [-0.2, -0.15) is 0 Å². The van der Waals surface area contributed by atoms with Crippen molar-refractivity contribution in [3.05, 3.63) is 0 Å². The predicted molar refractivity (Wildman–Crippen MR) is 53.8 cm³/mol. The Labute approximate surface area is 80.7 Å². The van der Waals surface area contributed by atoms with E-state index in [1.54, 1.807) is 0 Å². The number of rotatable bonds is 6. The Morgan fingerprint density at radius 1 is 1.38 bits per heavy atom. The molecule has 0 aliphatic rings. The number of carboxylic acids is 1. The molecule has 0 aromatic heterocycles. The lowest BCUT2D eigenvalue weighted by Gasteiger charge is -2.25. The molecule has 0 radical (unpaired) electrons. The minimum Gasteiger partial charge on any atom is -0.481 e.